The van der Waals surface area contributed by atoms with Gasteiger partial charge in [0.15, 0.2) is 0 Å². The first-order valence-corrected chi connectivity index (χ1v) is 18.6. The van der Waals surface area contributed by atoms with Gasteiger partial charge in [-0.15, -0.1) is 0 Å². The summed E-state index contributed by atoms with van der Waals surface area (Å²) in [6.45, 7) is -0.732. The molecule has 51 heavy (non-hydrogen) atoms. The largest absolute Gasteiger partial charge is 0.480 e. The zero-order valence-corrected chi connectivity index (χ0v) is 29.7. The molecule has 15 heteroatoms. The van der Waals surface area contributed by atoms with Gasteiger partial charge in [-0.3, -0.25) is 19.2 Å². The Kier molecular flexibility index (Phi) is 17.9. The highest BCUT2D eigenvalue weighted by atomic mass is 32.2. The summed E-state index contributed by atoms with van der Waals surface area (Å²) in [7, 11) is 0. The number of alkyl carbamates (subject to hydrolysis) is 1. The number of carbonyl (C=O) groups is 6. The van der Waals surface area contributed by atoms with Crippen molar-refractivity contribution in [3.05, 3.63) is 108 Å². The van der Waals surface area contributed by atoms with Crippen LogP contribution in [0.15, 0.2) is 91.0 Å². The van der Waals surface area contributed by atoms with E-state index in [-0.39, 0.29) is 25.4 Å². The van der Waals surface area contributed by atoms with E-state index in [1.165, 1.54) is 23.5 Å². The fraction of sp³-hybridized carbons (Fsp3) is 0.333. The summed E-state index contributed by atoms with van der Waals surface area (Å²) in [5.41, 5.74) is 2.45. The zero-order chi connectivity index (χ0) is 36.8. The molecule has 0 aromatic heterocycles. The lowest BCUT2D eigenvalue weighted by Crippen LogP contribution is -2.55. The Morgan fingerprint density at radius 2 is 1.25 bits per heavy atom. The van der Waals surface area contributed by atoms with Crippen LogP contribution in [0.4, 0.5) is 4.79 Å². The van der Waals surface area contributed by atoms with Crippen molar-refractivity contribution in [1.29, 1.82) is 0 Å². The first-order valence-electron chi connectivity index (χ1n) is 16.0. The number of aliphatic carboxylic acids is 1. The smallest absolute Gasteiger partial charge is 0.408 e. The number of hydrogen-bond acceptors (Lipinski definition) is 10. The highest BCUT2D eigenvalue weighted by molar-refractivity contribution is 7.98. The molecular formula is C36H42N4O9S2. The van der Waals surface area contributed by atoms with E-state index in [0.717, 1.165) is 11.1 Å². The lowest BCUT2D eigenvalue weighted by molar-refractivity contribution is -0.147. The second kappa shape index (κ2) is 22.6. The van der Waals surface area contributed by atoms with Crippen molar-refractivity contribution in [1.82, 2.24) is 21.3 Å². The van der Waals surface area contributed by atoms with E-state index in [0.29, 0.717) is 17.1 Å². The van der Waals surface area contributed by atoms with Gasteiger partial charge in [-0.05, 0) is 35.1 Å². The van der Waals surface area contributed by atoms with Crippen LogP contribution >= 0.6 is 23.5 Å². The number of benzene rings is 3. The number of nitrogens with one attached hydrogen (secondary N) is 4. The van der Waals surface area contributed by atoms with Gasteiger partial charge in [0.25, 0.3) is 0 Å². The first kappa shape index (κ1) is 40.4. The van der Waals surface area contributed by atoms with Gasteiger partial charge in [-0.1, -0.05) is 91.0 Å². The van der Waals surface area contributed by atoms with E-state index in [2.05, 4.69) is 21.3 Å². The van der Waals surface area contributed by atoms with Crippen molar-refractivity contribution in [3.8, 4) is 0 Å². The minimum Gasteiger partial charge on any atom is -0.480 e. The van der Waals surface area contributed by atoms with Gasteiger partial charge in [0.05, 0.1) is 13.0 Å². The van der Waals surface area contributed by atoms with Gasteiger partial charge in [-0.25, -0.2) is 9.59 Å². The molecule has 0 aliphatic rings. The molecule has 272 valence electrons. The van der Waals surface area contributed by atoms with Crippen LogP contribution in [0.5, 0.6) is 0 Å². The molecule has 0 unspecified atom stereocenters. The van der Waals surface area contributed by atoms with Gasteiger partial charge < -0.3 is 35.8 Å². The van der Waals surface area contributed by atoms with Gasteiger partial charge in [0, 0.05) is 11.5 Å². The van der Waals surface area contributed by atoms with Crippen LogP contribution in [0.2, 0.25) is 0 Å². The molecule has 3 aromatic rings. The SMILES string of the molecule is CSCC[C@H](NC(=O)OCc1ccccc1)C(=O)N[C@@H](CC(=O)OCc1ccccc1)C(=O)NCC(=O)N[C@@H](CSCc1ccccc1)C(=O)O. The Labute approximate surface area is 305 Å². The summed E-state index contributed by atoms with van der Waals surface area (Å²) in [6, 6.07) is 23.4. The van der Waals surface area contributed by atoms with E-state index in [1.807, 2.05) is 42.7 Å². The predicted molar refractivity (Wildman–Crippen MR) is 195 cm³/mol. The lowest BCUT2D eigenvalue weighted by atomic mass is 10.1. The molecule has 0 spiro atoms. The Morgan fingerprint density at radius 3 is 1.82 bits per heavy atom. The van der Waals surface area contributed by atoms with Crippen molar-refractivity contribution in [2.24, 2.45) is 0 Å². The Balaban J connectivity index is 1.62. The molecule has 3 aromatic carbocycles. The maximum Gasteiger partial charge on any atom is 0.408 e. The Bertz CT molecular complexity index is 1570. The van der Waals surface area contributed by atoms with Crippen LogP contribution < -0.4 is 21.3 Å². The molecule has 0 bridgehead atoms. The summed E-state index contributed by atoms with van der Waals surface area (Å²) >= 11 is 2.76. The first-order chi connectivity index (χ1) is 24.6. The number of thioether (sulfide) groups is 2. The van der Waals surface area contributed by atoms with Crippen molar-refractivity contribution in [2.45, 2.75) is 49.9 Å². The van der Waals surface area contributed by atoms with E-state index >= 15 is 0 Å². The van der Waals surface area contributed by atoms with E-state index in [4.69, 9.17) is 9.47 Å². The predicted octanol–water partition coefficient (Wildman–Crippen LogP) is 3.27. The Morgan fingerprint density at radius 1 is 0.686 bits per heavy atom. The maximum absolute atomic E-state index is 13.4. The maximum atomic E-state index is 13.4. The third-order valence-corrected chi connectivity index (χ3v) is 8.88. The van der Waals surface area contributed by atoms with Crippen LogP contribution in [0.25, 0.3) is 0 Å². The molecule has 3 atom stereocenters. The topological polar surface area (TPSA) is 189 Å². The molecular weight excluding hydrogens is 697 g/mol. The van der Waals surface area contributed by atoms with E-state index in [1.54, 1.807) is 54.6 Å². The number of carboxylic acids is 1. The van der Waals surface area contributed by atoms with Crippen LogP contribution in [0.3, 0.4) is 0 Å². The number of carboxylic acid groups (broad SMARTS) is 1. The van der Waals surface area contributed by atoms with Gasteiger partial charge >= 0.3 is 18.0 Å². The second-order valence-corrected chi connectivity index (χ2v) is 13.1. The normalized spacial score (nSPS) is 12.3. The average Bonchev–Trinajstić information content (AvgIpc) is 3.14. The van der Waals surface area contributed by atoms with E-state index < -0.39 is 66.8 Å². The lowest BCUT2D eigenvalue weighted by Gasteiger charge is -2.23. The molecule has 4 amide bonds. The Hall–Kier alpha value is -5.02. The summed E-state index contributed by atoms with van der Waals surface area (Å²) < 4.78 is 10.6. The number of hydrogen-bond donors (Lipinski definition) is 5. The third-order valence-electron chi connectivity index (χ3n) is 7.13. The second-order valence-electron chi connectivity index (χ2n) is 11.1. The summed E-state index contributed by atoms with van der Waals surface area (Å²) in [5.74, 6) is -3.40. The van der Waals surface area contributed by atoms with Crippen LogP contribution in [0, 0.1) is 0 Å². The molecule has 0 fully saturated rings. The summed E-state index contributed by atoms with van der Waals surface area (Å²) in [5, 5.41) is 19.4. The highest BCUT2D eigenvalue weighted by Crippen LogP contribution is 2.13. The minimum absolute atomic E-state index is 0.0294. The fourth-order valence-electron chi connectivity index (χ4n) is 4.44. The van der Waals surface area contributed by atoms with Crippen LogP contribution in [-0.2, 0) is 52.4 Å². The van der Waals surface area contributed by atoms with Crippen molar-refractivity contribution < 1.29 is 43.3 Å². The van der Waals surface area contributed by atoms with E-state index in [9.17, 15) is 33.9 Å². The monoisotopic (exact) mass is 738 g/mol. The third kappa shape index (κ3) is 16.0. The van der Waals surface area contributed by atoms with Crippen molar-refractivity contribution >= 4 is 59.3 Å². The number of rotatable bonds is 21. The number of ether oxygens (including phenoxy) is 2. The average molecular weight is 739 g/mol. The number of amides is 4. The van der Waals surface area contributed by atoms with Gasteiger partial charge in [0.1, 0.15) is 31.3 Å². The van der Waals surface area contributed by atoms with Gasteiger partial charge in [0.2, 0.25) is 17.7 Å². The molecule has 13 nitrogen and oxygen atoms in total. The van der Waals surface area contributed by atoms with Crippen LogP contribution in [-0.4, -0.2) is 83.3 Å². The molecule has 0 saturated heterocycles. The zero-order valence-electron chi connectivity index (χ0n) is 28.1. The van der Waals surface area contributed by atoms with Crippen LogP contribution in [0.1, 0.15) is 29.5 Å². The molecule has 3 rings (SSSR count). The highest BCUT2D eigenvalue weighted by Gasteiger charge is 2.30. The molecule has 0 saturated carbocycles. The molecule has 5 N–H and O–H groups in total. The molecule has 0 aliphatic carbocycles. The molecule has 0 radical (unpaired) electrons. The van der Waals surface area contributed by atoms with Crippen molar-refractivity contribution in [3.63, 3.8) is 0 Å². The standard InChI is InChI=1S/C36H42N4O9S2/c1-50-18-17-28(40-36(47)49-22-26-13-7-3-8-14-26)34(44)39-29(19-32(42)48-21-25-11-5-2-6-12-25)33(43)37-20-31(41)38-30(35(45)46)24-51-23-27-15-9-4-10-16-27/h2-16,28-30H,17-24H2,1H3,(H,37,43)(H,38,41)(H,39,44)(H,40,47)(H,45,46)/t28-,29-,30-/m0/s1. The molecule has 0 heterocycles. The number of carbonyl (C=O) groups excluding carboxylic acids is 5. The quantitative estimate of drug-likeness (QED) is 0.101. The fourth-order valence-corrected chi connectivity index (χ4v) is 5.92. The van der Waals surface area contributed by atoms with Crippen molar-refractivity contribution in [2.75, 3.05) is 24.3 Å². The summed E-state index contributed by atoms with van der Waals surface area (Å²) in [4.78, 5) is 76.7. The molecule has 0 aliphatic heterocycles. The summed E-state index contributed by atoms with van der Waals surface area (Å²) in [6.07, 6.45) is 0.564. The van der Waals surface area contributed by atoms with Gasteiger partial charge in [-0.2, -0.15) is 23.5 Å². The number of esters is 1. The minimum atomic E-state index is -1.50.